The van der Waals surface area contributed by atoms with Gasteiger partial charge in [0.1, 0.15) is 0 Å². The monoisotopic (exact) mass is 224 g/mol. The summed E-state index contributed by atoms with van der Waals surface area (Å²) in [5.74, 6) is -0.273. The van der Waals surface area contributed by atoms with E-state index in [2.05, 4.69) is 11.7 Å². The summed E-state index contributed by atoms with van der Waals surface area (Å²) in [5, 5.41) is 0. The SMILES string of the molecule is CC.CC.CCc1cccc(C(=O)OC)c1. The molecule has 1 aromatic carbocycles. The van der Waals surface area contributed by atoms with Crippen LogP contribution in [-0.2, 0) is 11.2 Å². The molecule has 0 N–H and O–H groups in total. The first-order chi connectivity index (χ1) is 7.77. The van der Waals surface area contributed by atoms with Crippen molar-refractivity contribution in [1.29, 1.82) is 0 Å². The number of hydrogen-bond donors (Lipinski definition) is 0. The second-order valence-corrected chi connectivity index (χ2v) is 2.55. The number of carbonyl (C=O) groups excluding carboxylic acids is 1. The van der Waals surface area contributed by atoms with Gasteiger partial charge < -0.3 is 4.74 Å². The predicted molar refractivity (Wildman–Crippen MR) is 69.9 cm³/mol. The third kappa shape index (κ3) is 6.23. The number of methoxy groups -OCH3 is 1. The van der Waals surface area contributed by atoms with Crippen LogP contribution in [0.3, 0.4) is 0 Å². The molecule has 0 heterocycles. The van der Waals surface area contributed by atoms with E-state index in [1.165, 1.54) is 7.11 Å². The lowest BCUT2D eigenvalue weighted by Crippen LogP contribution is -2.01. The summed E-state index contributed by atoms with van der Waals surface area (Å²) in [6.07, 6.45) is 0.935. The predicted octanol–water partition coefficient (Wildman–Crippen LogP) is 4.09. The third-order valence-electron chi connectivity index (χ3n) is 1.76. The number of esters is 1. The zero-order valence-electron chi connectivity index (χ0n) is 11.3. The molecule has 0 fully saturated rings. The van der Waals surface area contributed by atoms with Crippen LogP contribution in [-0.4, -0.2) is 13.1 Å². The molecule has 0 unspecified atom stereocenters. The van der Waals surface area contributed by atoms with E-state index in [4.69, 9.17) is 0 Å². The fourth-order valence-electron chi connectivity index (χ4n) is 1.04. The van der Waals surface area contributed by atoms with Crippen LogP contribution >= 0.6 is 0 Å². The maximum absolute atomic E-state index is 11.1. The Morgan fingerprint density at radius 1 is 1.19 bits per heavy atom. The van der Waals surface area contributed by atoms with Gasteiger partial charge in [-0.1, -0.05) is 46.8 Å². The van der Waals surface area contributed by atoms with Crippen molar-refractivity contribution in [2.45, 2.75) is 41.0 Å². The largest absolute Gasteiger partial charge is 0.465 e. The number of benzene rings is 1. The molecule has 0 radical (unpaired) electrons. The van der Waals surface area contributed by atoms with Gasteiger partial charge in [0.25, 0.3) is 0 Å². The van der Waals surface area contributed by atoms with Gasteiger partial charge in [0.2, 0.25) is 0 Å². The highest BCUT2D eigenvalue weighted by molar-refractivity contribution is 5.89. The van der Waals surface area contributed by atoms with Crippen LogP contribution in [0.25, 0.3) is 0 Å². The van der Waals surface area contributed by atoms with Gasteiger partial charge >= 0.3 is 5.97 Å². The minimum absolute atomic E-state index is 0.273. The molecule has 0 aliphatic rings. The van der Waals surface area contributed by atoms with E-state index < -0.39 is 0 Å². The highest BCUT2D eigenvalue weighted by atomic mass is 16.5. The van der Waals surface area contributed by atoms with E-state index in [-0.39, 0.29) is 5.97 Å². The minimum Gasteiger partial charge on any atom is -0.465 e. The van der Waals surface area contributed by atoms with Crippen molar-refractivity contribution in [2.24, 2.45) is 0 Å². The first kappa shape index (κ1) is 17.1. The van der Waals surface area contributed by atoms with Crippen molar-refractivity contribution in [2.75, 3.05) is 7.11 Å². The zero-order valence-corrected chi connectivity index (χ0v) is 11.3. The van der Waals surface area contributed by atoms with E-state index >= 15 is 0 Å². The number of hydrogen-bond acceptors (Lipinski definition) is 2. The van der Waals surface area contributed by atoms with Crippen molar-refractivity contribution < 1.29 is 9.53 Å². The average molecular weight is 224 g/mol. The molecule has 2 heteroatoms. The van der Waals surface area contributed by atoms with Gasteiger partial charge in [-0.15, -0.1) is 0 Å². The summed E-state index contributed by atoms with van der Waals surface area (Å²) < 4.78 is 4.60. The molecule has 0 bridgehead atoms. The van der Waals surface area contributed by atoms with Gasteiger partial charge in [-0.3, -0.25) is 0 Å². The number of carbonyl (C=O) groups is 1. The van der Waals surface area contributed by atoms with Crippen LogP contribution in [0, 0.1) is 0 Å². The molecule has 0 aromatic heterocycles. The lowest BCUT2D eigenvalue weighted by atomic mass is 10.1. The Morgan fingerprint density at radius 3 is 2.19 bits per heavy atom. The molecule has 0 spiro atoms. The van der Waals surface area contributed by atoms with Crippen LogP contribution in [0.2, 0.25) is 0 Å². The highest BCUT2D eigenvalue weighted by Gasteiger charge is 2.03. The van der Waals surface area contributed by atoms with E-state index in [0.717, 1.165) is 12.0 Å². The molecule has 0 aliphatic heterocycles. The fraction of sp³-hybridized carbons (Fsp3) is 0.500. The molecular formula is C14H24O2. The maximum Gasteiger partial charge on any atom is 0.337 e. The van der Waals surface area contributed by atoms with E-state index in [1.807, 2.05) is 45.9 Å². The molecule has 0 saturated carbocycles. The smallest absolute Gasteiger partial charge is 0.337 e. The van der Waals surface area contributed by atoms with Crippen molar-refractivity contribution in [1.82, 2.24) is 0 Å². The molecule has 92 valence electrons. The van der Waals surface area contributed by atoms with E-state index in [9.17, 15) is 4.79 Å². The maximum atomic E-state index is 11.1. The van der Waals surface area contributed by atoms with E-state index in [1.54, 1.807) is 6.07 Å². The van der Waals surface area contributed by atoms with Crippen LogP contribution < -0.4 is 0 Å². The second-order valence-electron chi connectivity index (χ2n) is 2.55. The molecule has 16 heavy (non-hydrogen) atoms. The molecule has 0 amide bonds. The minimum atomic E-state index is -0.273. The molecule has 1 aromatic rings. The van der Waals surface area contributed by atoms with Gasteiger partial charge in [0.15, 0.2) is 0 Å². The molecule has 1 rings (SSSR count). The van der Waals surface area contributed by atoms with Gasteiger partial charge in [-0.05, 0) is 24.1 Å². The molecular weight excluding hydrogens is 200 g/mol. The van der Waals surface area contributed by atoms with Gasteiger partial charge in [-0.2, -0.15) is 0 Å². The van der Waals surface area contributed by atoms with Gasteiger partial charge in [0.05, 0.1) is 12.7 Å². The normalized spacial score (nSPS) is 7.88. The molecule has 0 aliphatic carbocycles. The Morgan fingerprint density at radius 2 is 1.75 bits per heavy atom. The standard InChI is InChI=1S/C10H12O2.2C2H6/c1-3-8-5-4-6-9(7-8)10(11)12-2;2*1-2/h4-7H,3H2,1-2H3;2*1-2H3. The Balaban J connectivity index is 0. The Hall–Kier alpha value is -1.31. The lowest BCUT2D eigenvalue weighted by Gasteiger charge is -2.00. The summed E-state index contributed by atoms with van der Waals surface area (Å²) >= 11 is 0. The Labute approximate surface area is 99.6 Å². The zero-order chi connectivity index (χ0) is 13.0. The van der Waals surface area contributed by atoms with Gasteiger partial charge in [-0.25, -0.2) is 4.79 Å². The lowest BCUT2D eigenvalue weighted by molar-refractivity contribution is 0.0600. The highest BCUT2D eigenvalue weighted by Crippen LogP contribution is 2.06. The summed E-state index contributed by atoms with van der Waals surface area (Å²) in [6, 6.07) is 7.47. The molecule has 2 nitrogen and oxygen atoms in total. The topological polar surface area (TPSA) is 26.3 Å². The Kier molecular flexibility index (Phi) is 12.6. The number of ether oxygens (including phenoxy) is 1. The quantitative estimate of drug-likeness (QED) is 0.707. The van der Waals surface area contributed by atoms with Crippen molar-refractivity contribution in [3.8, 4) is 0 Å². The second kappa shape index (κ2) is 11.8. The van der Waals surface area contributed by atoms with Crippen LogP contribution in [0.5, 0.6) is 0 Å². The van der Waals surface area contributed by atoms with Crippen molar-refractivity contribution >= 4 is 5.97 Å². The average Bonchev–Trinajstić information content (AvgIpc) is 2.42. The molecule has 0 saturated heterocycles. The number of rotatable bonds is 2. The number of aryl methyl sites for hydroxylation is 1. The third-order valence-corrected chi connectivity index (χ3v) is 1.76. The van der Waals surface area contributed by atoms with Crippen LogP contribution in [0.1, 0.15) is 50.5 Å². The fourth-order valence-corrected chi connectivity index (χ4v) is 1.04. The van der Waals surface area contributed by atoms with Gasteiger partial charge in [0, 0.05) is 0 Å². The van der Waals surface area contributed by atoms with Crippen LogP contribution in [0.4, 0.5) is 0 Å². The first-order valence-electron chi connectivity index (χ1n) is 5.95. The van der Waals surface area contributed by atoms with Crippen molar-refractivity contribution in [3.63, 3.8) is 0 Å². The van der Waals surface area contributed by atoms with E-state index in [0.29, 0.717) is 5.56 Å². The first-order valence-corrected chi connectivity index (χ1v) is 5.95. The summed E-state index contributed by atoms with van der Waals surface area (Å²) in [4.78, 5) is 11.1. The van der Waals surface area contributed by atoms with Crippen LogP contribution in [0.15, 0.2) is 24.3 Å². The van der Waals surface area contributed by atoms with Crippen molar-refractivity contribution in [3.05, 3.63) is 35.4 Å². The summed E-state index contributed by atoms with van der Waals surface area (Å²) in [6.45, 7) is 10.1. The Bertz CT molecular complexity index is 280. The summed E-state index contributed by atoms with van der Waals surface area (Å²) in [5.41, 5.74) is 1.77. The summed E-state index contributed by atoms with van der Waals surface area (Å²) in [7, 11) is 1.39. The molecule has 0 atom stereocenters.